The van der Waals surface area contributed by atoms with Gasteiger partial charge in [-0.1, -0.05) is 0 Å². The summed E-state index contributed by atoms with van der Waals surface area (Å²) in [5.74, 6) is -0.749. The molecule has 0 aliphatic rings. The molecule has 0 aromatic carbocycles. The van der Waals surface area contributed by atoms with Gasteiger partial charge < -0.3 is 9.92 Å². The van der Waals surface area contributed by atoms with Crippen LogP contribution in [0.3, 0.4) is 0 Å². The van der Waals surface area contributed by atoms with E-state index >= 15 is 0 Å². The molecular weight excluding hydrogens is 158 g/mol. The minimum atomic E-state index is -3.05. The Kier molecular flexibility index (Phi) is 4.87. The van der Waals surface area contributed by atoms with Crippen LogP contribution in [0, 0.1) is 0 Å². The van der Waals surface area contributed by atoms with E-state index in [2.05, 4.69) is 4.18 Å². The number of carbonyl (C=O) groups is 1. The largest absolute Gasteiger partial charge is 0.348 e. The van der Waals surface area contributed by atoms with Crippen molar-refractivity contribution in [1.82, 2.24) is 0 Å². The fourth-order valence-electron chi connectivity index (χ4n) is 0.375. The summed E-state index contributed by atoms with van der Waals surface area (Å²) in [6.45, 7) is 0.352. The number of rotatable bonds is 4. The van der Waals surface area contributed by atoms with Crippen molar-refractivity contribution in [3.8, 4) is 0 Å². The highest BCUT2D eigenvalue weighted by atomic mass is 32.2. The van der Waals surface area contributed by atoms with E-state index in [0.717, 1.165) is 0 Å². The number of hydrogen-bond acceptors (Lipinski definition) is 5. The molecule has 0 radical (unpaired) electrons. The van der Waals surface area contributed by atoms with E-state index in [9.17, 15) is 13.2 Å². The van der Waals surface area contributed by atoms with E-state index in [0.29, 0.717) is 13.0 Å². The van der Waals surface area contributed by atoms with E-state index in [1.54, 1.807) is 0 Å². The van der Waals surface area contributed by atoms with Gasteiger partial charge in [-0.2, -0.15) is 8.42 Å². The SMILES string of the molecule is NCCCC(=O)O[SH](=O)=O. The summed E-state index contributed by atoms with van der Waals surface area (Å²) in [5, 5.41) is 0. The zero-order valence-corrected chi connectivity index (χ0v) is 6.17. The summed E-state index contributed by atoms with van der Waals surface area (Å²) < 4.78 is 23.3. The van der Waals surface area contributed by atoms with Crippen molar-refractivity contribution in [2.75, 3.05) is 6.54 Å². The third-order valence-electron chi connectivity index (χ3n) is 0.761. The second-order valence-corrected chi connectivity index (χ2v) is 2.21. The smallest absolute Gasteiger partial charge is 0.321 e. The number of thiol groups is 1. The maximum absolute atomic E-state index is 10.4. The normalized spacial score (nSPS) is 9.80. The number of hydrogen-bond donors (Lipinski definition) is 2. The lowest BCUT2D eigenvalue weighted by atomic mass is 10.3. The Morgan fingerprint density at radius 1 is 1.50 bits per heavy atom. The van der Waals surface area contributed by atoms with Gasteiger partial charge in [0.2, 0.25) is 0 Å². The van der Waals surface area contributed by atoms with E-state index in [1.165, 1.54) is 0 Å². The molecule has 0 aromatic rings. The lowest BCUT2D eigenvalue weighted by Crippen LogP contribution is -2.06. The Morgan fingerprint density at radius 2 is 2.10 bits per heavy atom. The third kappa shape index (κ3) is 5.52. The molecule has 0 heterocycles. The van der Waals surface area contributed by atoms with Crippen molar-refractivity contribution in [2.24, 2.45) is 5.73 Å². The molecule has 0 spiro atoms. The highest BCUT2D eigenvalue weighted by molar-refractivity contribution is 7.67. The first-order valence-electron chi connectivity index (χ1n) is 2.72. The van der Waals surface area contributed by atoms with Gasteiger partial charge in [0.15, 0.2) is 0 Å². The summed E-state index contributed by atoms with van der Waals surface area (Å²) in [6.07, 6.45) is 0.502. The molecule has 10 heavy (non-hydrogen) atoms. The lowest BCUT2D eigenvalue weighted by Gasteiger charge is -1.93. The molecule has 0 atom stereocenters. The van der Waals surface area contributed by atoms with Crippen molar-refractivity contribution in [3.63, 3.8) is 0 Å². The standard InChI is InChI=1S/C4H9NO4S/c5-3-1-2-4(6)9-10(7)8/h10H,1-3,5H2. The van der Waals surface area contributed by atoms with E-state index in [1.807, 2.05) is 0 Å². The molecule has 0 aromatic heterocycles. The first kappa shape index (κ1) is 9.38. The molecule has 0 saturated heterocycles. The van der Waals surface area contributed by atoms with Crippen LogP contribution in [0.25, 0.3) is 0 Å². The first-order chi connectivity index (χ1) is 4.66. The fraction of sp³-hybridized carbons (Fsp3) is 0.750. The highest BCUT2D eigenvalue weighted by Crippen LogP contribution is 1.89. The Balaban J connectivity index is 3.44. The Hall–Kier alpha value is -0.620. The van der Waals surface area contributed by atoms with Crippen LogP contribution in [0.2, 0.25) is 0 Å². The van der Waals surface area contributed by atoms with Crippen molar-refractivity contribution in [3.05, 3.63) is 0 Å². The molecule has 0 saturated carbocycles. The van der Waals surface area contributed by atoms with Crippen LogP contribution in [0.5, 0.6) is 0 Å². The van der Waals surface area contributed by atoms with Gasteiger partial charge >= 0.3 is 17.0 Å². The average molecular weight is 167 g/mol. The van der Waals surface area contributed by atoms with Crippen molar-refractivity contribution in [2.45, 2.75) is 12.8 Å². The zero-order chi connectivity index (χ0) is 7.98. The number of nitrogens with two attached hydrogens (primary N) is 1. The summed E-state index contributed by atoms with van der Waals surface area (Å²) in [5.41, 5.74) is 5.05. The molecule has 0 rings (SSSR count). The maximum atomic E-state index is 10.4. The third-order valence-corrected chi connectivity index (χ3v) is 1.11. The van der Waals surface area contributed by atoms with Crippen molar-refractivity contribution < 1.29 is 17.4 Å². The van der Waals surface area contributed by atoms with E-state index < -0.39 is 17.0 Å². The molecule has 0 unspecified atom stereocenters. The van der Waals surface area contributed by atoms with Gasteiger partial charge in [0.25, 0.3) is 0 Å². The lowest BCUT2D eigenvalue weighted by molar-refractivity contribution is -0.133. The van der Waals surface area contributed by atoms with Crippen LogP contribution in [0.1, 0.15) is 12.8 Å². The Bertz CT molecular complexity index is 168. The molecule has 6 heteroatoms. The minimum absolute atomic E-state index is 0.0554. The molecule has 2 N–H and O–H groups in total. The molecule has 0 aliphatic carbocycles. The molecule has 0 fully saturated rings. The highest BCUT2D eigenvalue weighted by Gasteiger charge is 2.00. The van der Waals surface area contributed by atoms with Crippen molar-refractivity contribution >= 4 is 17.0 Å². The van der Waals surface area contributed by atoms with Gasteiger partial charge in [0.1, 0.15) is 0 Å². The zero-order valence-electron chi connectivity index (χ0n) is 5.28. The molecular formula is C4H9NO4S. The molecule has 0 amide bonds. The quantitative estimate of drug-likeness (QED) is 0.513. The van der Waals surface area contributed by atoms with E-state index in [-0.39, 0.29) is 6.42 Å². The van der Waals surface area contributed by atoms with Gasteiger partial charge in [0, 0.05) is 6.42 Å². The van der Waals surface area contributed by atoms with Crippen LogP contribution >= 0.6 is 0 Å². The topological polar surface area (TPSA) is 86.5 Å². The summed E-state index contributed by atoms with van der Waals surface area (Å²) >= 11 is 0. The molecule has 0 bridgehead atoms. The average Bonchev–Trinajstić information content (AvgIpc) is 1.82. The monoisotopic (exact) mass is 167 g/mol. The van der Waals surface area contributed by atoms with Crippen LogP contribution in [0.4, 0.5) is 0 Å². The predicted octanol–water partition coefficient (Wildman–Crippen LogP) is -1.21. The van der Waals surface area contributed by atoms with Gasteiger partial charge in [0.05, 0.1) is 0 Å². The summed E-state index contributed by atoms with van der Waals surface area (Å²) in [7, 11) is -3.05. The van der Waals surface area contributed by atoms with Gasteiger partial charge in [-0.3, -0.25) is 4.79 Å². The molecule has 5 nitrogen and oxygen atoms in total. The van der Waals surface area contributed by atoms with Crippen LogP contribution < -0.4 is 5.73 Å². The molecule has 60 valence electrons. The van der Waals surface area contributed by atoms with Gasteiger partial charge in [-0.25, -0.2) is 0 Å². The maximum Gasteiger partial charge on any atom is 0.321 e. The summed E-state index contributed by atoms with van der Waals surface area (Å²) in [6, 6.07) is 0. The van der Waals surface area contributed by atoms with Gasteiger partial charge in [-0.05, 0) is 13.0 Å². The Labute approximate surface area is 60.3 Å². The van der Waals surface area contributed by atoms with Crippen LogP contribution in [-0.2, 0) is 20.0 Å². The fourth-order valence-corrected chi connectivity index (χ4v) is 0.633. The second kappa shape index (κ2) is 5.19. The first-order valence-corrected chi connectivity index (χ1v) is 3.81. The van der Waals surface area contributed by atoms with Gasteiger partial charge in [-0.15, -0.1) is 0 Å². The Morgan fingerprint density at radius 3 is 2.50 bits per heavy atom. The van der Waals surface area contributed by atoms with E-state index in [4.69, 9.17) is 5.73 Å². The van der Waals surface area contributed by atoms with Crippen LogP contribution in [-0.4, -0.2) is 20.9 Å². The second-order valence-electron chi connectivity index (χ2n) is 1.58. The van der Waals surface area contributed by atoms with Crippen LogP contribution in [0.15, 0.2) is 0 Å². The predicted molar refractivity (Wildman–Crippen MR) is 34.7 cm³/mol. The molecule has 0 aliphatic heterocycles. The minimum Gasteiger partial charge on any atom is -0.348 e. The summed E-state index contributed by atoms with van der Waals surface area (Å²) in [4.78, 5) is 10.4. The van der Waals surface area contributed by atoms with Crippen molar-refractivity contribution in [1.29, 1.82) is 0 Å². The number of carbonyl (C=O) groups excluding carboxylic acids is 1.